The van der Waals surface area contributed by atoms with Gasteiger partial charge in [0.1, 0.15) is 42.2 Å². The maximum absolute atomic E-state index is 12.4. The van der Waals surface area contributed by atoms with Crippen molar-refractivity contribution in [2.75, 3.05) is 13.3 Å². The highest BCUT2D eigenvalue weighted by molar-refractivity contribution is 7.95. The molecule has 0 aliphatic carbocycles. The molecule has 0 N–H and O–H groups in total. The minimum Gasteiger partial charge on any atom is -0.491 e. The first-order chi connectivity index (χ1) is 14.8. The fourth-order valence-corrected chi connectivity index (χ4v) is 8.13. The van der Waals surface area contributed by atoms with Crippen LogP contribution in [0.1, 0.15) is 5.56 Å². The van der Waals surface area contributed by atoms with Crippen molar-refractivity contribution in [2.24, 2.45) is 0 Å². The summed E-state index contributed by atoms with van der Waals surface area (Å²) in [5.41, 5.74) is 1.24. The monoisotopic (exact) mass is 415 g/mol. The van der Waals surface area contributed by atoms with E-state index in [0.29, 0.717) is 5.75 Å². The molecule has 0 unspecified atom stereocenters. The molecule has 30 heavy (non-hydrogen) atoms. The van der Waals surface area contributed by atoms with Gasteiger partial charge >= 0.3 is 0 Å². The van der Waals surface area contributed by atoms with Crippen molar-refractivity contribution in [3.63, 3.8) is 0 Å². The zero-order chi connectivity index (χ0) is 20.7. The van der Waals surface area contributed by atoms with Crippen LogP contribution in [0.5, 0.6) is 5.75 Å². The molecule has 0 saturated carbocycles. The van der Waals surface area contributed by atoms with Crippen molar-refractivity contribution in [3.8, 4) is 5.75 Å². The van der Waals surface area contributed by atoms with Crippen molar-refractivity contribution in [2.45, 2.75) is 6.16 Å². The maximum Gasteiger partial charge on any atom is 0.123 e. The van der Waals surface area contributed by atoms with E-state index >= 15 is 0 Å². The van der Waals surface area contributed by atoms with E-state index in [1.807, 2.05) is 12.1 Å². The summed E-state index contributed by atoms with van der Waals surface area (Å²) in [5, 5.41) is 4.08. The molecule has 0 saturated heterocycles. The van der Waals surface area contributed by atoms with E-state index in [-0.39, 0.29) is 6.61 Å². The van der Waals surface area contributed by atoms with Crippen molar-refractivity contribution < 1.29 is 9.13 Å². The van der Waals surface area contributed by atoms with Gasteiger partial charge in [0.15, 0.2) is 0 Å². The molecule has 4 aromatic rings. The zero-order valence-corrected chi connectivity index (χ0v) is 17.7. The molecule has 4 rings (SSSR count). The Kier molecular flexibility index (Phi) is 6.57. The molecule has 3 heteroatoms. The van der Waals surface area contributed by atoms with Gasteiger partial charge in [0.05, 0.1) is 6.16 Å². The summed E-state index contributed by atoms with van der Waals surface area (Å²) in [6, 6.07) is 40.6. The SMILES string of the molecule is FCCOc1ccc(C[P+](c2ccccc2)(c2ccccc2)c2ccccc2)cc1. The summed E-state index contributed by atoms with van der Waals surface area (Å²) in [4.78, 5) is 0. The third-order valence-electron chi connectivity index (χ3n) is 5.28. The van der Waals surface area contributed by atoms with Crippen molar-refractivity contribution in [1.82, 2.24) is 0 Å². The molecule has 1 nitrogen and oxygen atoms in total. The van der Waals surface area contributed by atoms with Gasteiger partial charge in [0, 0.05) is 0 Å². The van der Waals surface area contributed by atoms with E-state index < -0.39 is 13.9 Å². The topological polar surface area (TPSA) is 9.23 Å². The molecule has 0 aliphatic heterocycles. The fourth-order valence-electron chi connectivity index (χ4n) is 3.89. The average molecular weight is 415 g/mol. The van der Waals surface area contributed by atoms with Crippen LogP contribution in [0.4, 0.5) is 4.39 Å². The third-order valence-corrected chi connectivity index (χ3v) is 9.66. The molecule has 0 aromatic heterocycles. The lowest BCUT2D eigenvalue weighted by molar-refractivity contribution is 0.273. The van der Waals surface area contributed by atoms with Crippen LogP contribution in [0.3, 0.4) is 0 Å². The lowest BCUT2D eigenvalue weighted by Crippen LogP contribution is -2.32. The molecule has 0 aliphatic rings. The minimum atomic E-state index is -1.91. The number of hydrogen-bond donors (Lipinski definition) is 0. The van der Waals surface area contributed by atoms with Gasteiger partial charge in [-0.3, -0.25) is 0 Å². The lowest BCUT2D eigenvalue weighted by atomic mass is 10.2. The molecule has 0 heterocycles. The van der Waals surface area contributed by atoms with Crippen LogP contribution in [0.15, 0.2) is 115 Å². The molecule has 0 radical (unpaired) electrons. The largest absolute Gasteiger partial charge is 0.491 e. The molecule has 0 amide bonds. The molecule has 0 spiro atoms. The first-order valence-corrected chi connectivity index (χ1v) is 12.1. The van der Waals surface area contributed by atoms with Crippen molar-refractivity contribution in [3.05, 3.63) is 121 Å². The molecule has 0 fully saturated rings. The number of alkyl halides is 1. The van der Waals surface area contributed by atoms with Gasteiger partial charge in [-0.25, -0.2) is 4.39 Å². The standard InChI is InChI=1S/C27H25FOP/c28-20-21-29-24-18-16-23(17-19-24)22-30(25-10-4-1-5-11-25,26-12-6-2-7-13-26)27-14-8-3-9-15-27/h1-19H,20-22H2/q+1. The predicted molar refractivity (Wildman–Crippen MR) is 127 cm³/mol. The number of benzene rings is 4. The van der Waals surface area contributed by atoms with Gasteiger partial charge in [0.25, 0.3) is 0 Å². The zero-order valence-electron chi connectivity index (χ0n) is 16.8. The fraction of sp³-hybridized carbons (Fsp3) is 0.111. The van der Waals surface area contributed by atoms with Gasteiger partial charge in [-0.1, -0.05) is 66.7 Å². The predicted octanol–water partition coefficient (Wildman–Crippen LogP) is 5.53. The van der Waals surface area contributed by atoms with Gasteiger partial charge in [-0.15, -0.1) is 0 Å². The van der Waals surface area contributed by atoms with Crippen LogP contribution in [-0.2, 0) is 6.16 Å². The quantitative estimate of drug-likeness (QED) is 0.344. The summed E-state index contributed by atoms with van der Waals surface area (Å²) in [5.74, 6) is 0.708. The molecule has 150 valence electrons. The van der Waals surface area contributed by atoms with Gasteiger partial charge in [-0.2, -0.15) is 0 Å². The molecule has 0 bridgehead atoms. The van der Waals surface area contributed by atoms with Crippen LogP contribution in [0, 0.1) is 0 Å². The second-order valence-corrected chi connectivity index (χ2v) is 10.6. The van der Waals surface area contributed by atoms with Gasteiger partial charge in [-0.05, 0) is 54.1 Å². The normalized spacial score (nSPS) is 11.2. The second-order valence-electron chi connectivity index (χ2n) is 7.16. The summed E-state index contributed by atoms with van der Waals surface area (Å²) in [7, 11) is -1.91. The Balaban J connectivity index is 1.85. The van der Waals surface area contributed by atoms with Gasteiger partial charge in [0.2, 0.25) is 0 Å². The molecule has 4 aromatic carbocycles. The molecule has 0 atom stereocenters. The highest BCUT2D eigenvalue weighted by atomic mass is 31.2. The third kappa shape index (κ3) is 4.30. The van der Waals surface area contributed by atoms with E-state index in [0.717, 1.165) is 6.16 Å². The van der Waals surface area contributed by atoms with Crippen LogP contribution in [0.2, 0.25) is 0 Å². The van der Waals surface area contributed by atoms with E-state index in [1.54, 1.807) is 0 Å². The summed E-state index contributed by atoms with van der Waals surface area (Å²) >= 11 is 0. The first-order valence-electron chi connectivity index (χ1n) is 10.2. The lowest BCUT2D eigenvalue weighted by Gasteiger charge is -2.28. The van der Waals surface area contributed by atoms with E-state index in [4.69, 9.17) is 4.74 Å². The maximum atomic E-state index is 12.4. The Morgan fingerprint density at radius 1 is 0.567 bits per heavy atom. The van der Waals surface area contributed by atoms with Crippen molar-refractivity contribution in [1.29, 1.82) is 0 Å². The Morgan fingerprint density at radius 3 is 1.40 bits per heavy atom. The molecular formula is C27H25FOP+. The first kappa shape index (κ1) is 20.3. The van der Waals surface area contributed by atoms with Gasteiger partial charge < -0.3 is 4.74 Å². The smallest absolute Gasteiger partial charge is 0.123 e. The number of ether oxygens (including phenoxy) is 1. The minimum absolute atomic E-state index is 0.0916. The summed E-state index contributed by atoms with van der Waals surface area (Å²) in [6.45, 7) is -0.388. The van der Waals surface area contributed by atoms with Crippen LogP contribution < -0.4 is 20.7 Å². The Bertz CT molecular complexity index is 938. The number of hydrogen-bond acceptors (Lipinski definition) is 1. The van der Waals surface area contributed by atoms with E-state index in [1.165, 1.54) is 21.5 Å². The number of rotatable bonds is 8. The van der Waals surface area contributed by atoms with Crippen LogP contribution in [0.25, 0.3) is 0 Å². The second kappa shape index (κ2) is 9.69. The average Bonchev–Trinajstić information content (AvgIpc) is 2.84. The van der Waals surface area contributed by atoms with E-state index in [2.05, 4.69) is 103 Å². The Labute approximate surface area is 178 Å². The Hall–Kier alpha value is -2.96. The van der Waals surface area contributed by atoms with Crippen LogP contribution in [-0.4, -0.2) is 13.3 Å². The molecular weight excluding hydrogens is 390 g/mol. The van der Waals surface area contributed by atoms with Crippen molar-refractivity contribution >= 4 is 23.2 Å². The number of halogens is 1. The van der Waals surface area contributed by atoms with Crippen LogP contribution >= 0.6 is 7.26 Å². The van der Waals surface area contributed by atoms with E-state index in [9.17, 15) is 4.39 Å². The highest BCUT2D eigenvalue weighted by Crippen LogP contribution is 2.58. The Morgan fingerprint density at radius 2 is 1.00 bits per heavy atom. The highest BCUT2D eigenvalue weighted by Gasteiger charge is 2.45. The summed E-state index contributed by atoms with van der Waals surface area (Å²) in [6.07, 6.45) is 0.911. The summed E-state index contributed by atoms with van der Waals surface area (Å²) < 4.78 is 17.9.